The minimum absolute atomic E-state index is 0.365. The number of hydrogen-bond acceptors (Lipinski definition) is 2. The Hall–Kier alpha value is -0.470. The van der Waals surface area contributed by atoms with Crippen LogP contribution in [0.15, 0.2) is 29.2 Å². The Balaban J connectivity index is 1.71. The Labute approximate surface area is 109 Å². The van der Waals surface area contributed by atoms with Crippen LogP contribution in [0, 0.1) is 12.8 Å². The first kappa shape index (κ1) is 13.0. The molecule has 0 spiro atoms. The first-order valence-corrected chi connectivity index (χ1v) is 7.67. The molecule has 0 heterocycles. The summed E-state index contributed by atoms with van der Waals surface area (Å²) in [6.07, 6.45) is 6.87. The van der Waals surface area contributed by atoms with Gasteiger partial charge in [-0.15, -0.1) is 11.8 Å². The molecule has 1 aromatic rings. The van der Waals surface area contributed by atoms with Crippen molar-refractivity contribution in [2.24, 2.45) is 11.7 Å². The summed E-state index contributed by atoms with van der Waals surface area (Å²) in [5, 5.41) is 0. The van der Waals surface area contributed by atoms with Crippen molar-refractivity contribution in [3.8, 4) is 0 Å². The van der Waals surface area contributed by atoms with E-state index in [2.05, 4.69) is 31.2 Å². The normalized spacial score (nSPS) is 18.5. The number of thioether (sulfide) groups is 1. The predicted octanol–water partition coefficient (Wildman–Crippen LogP) is 3.99. The lowest BCUT2D eigenvalue weighted by molar-refractivity contribution is 0.462. The Morgan fingerprint density at radius 2 is 1.88 bits per heavy atom. The SMILES string of the molecule is Cc1ccc(SCC(N)CC2CCCC2)cc1. The number of benzene rings is 1. The molecule has 1 aliphatic carbocycles. The van der Waals surface area contributed by atoms with Gasteiger partial charge in [0.05, 0.1) is 0 Å². The van der Waals surface area contributed by atoms with E-state index in [1.807, 2.05) is 11.8 Å². The summed E-state index contributed by atoms with van der Waals surface area (Å²) in [7, 11) is 0. The molecule has 0 bridgehead atoms. The summed E-state index contributed by atoms with van der Waals surface area (Å²) < 4.78 is 0. The monoisotopic (exact) mass is 249 g/mol. The van der Waals surface area contributed by atoms with E-state index in [0.717, 1.165) is 11.7 Å². The molecule has 2 N–H and O–H groups in total. The van der Waals surface area contributed by atoms with Crippen molar-refractivity contribution < 1.29 is 0 Å². The standard InChI is InChI=1S/C15H23NS/c1-12-6-8-15(9-7-12)17-11-14(16)10-13-4-2-3-5-13/h6-9,13-14H,2-5,10-11,16H2,1H3. The molecule has 1 nitrogen and oxygen atoms in total. The molecule has 0 aliphatic heterocycles. The van der Waals surface area contributed by atoms with Gasteiger partial charge in [-0.25, -0.2) is 0 Å². The van der Waals surface area contributed by atoms with Gasteiger partial charge in [0.1, 0.15) is 0 Å². The summed E-state index contributed by atoms with van der Waals surface area (Å²) in [5.74, 6) is 1.96. The Morgan fingerprint density at radius 3 is 2.53 bits per heavy atom. The molecule has 1 aliphatic rings. The average molecular weight is 249 g/mol. The molecule has 1 unspecified atom stereocenters. The third-order valence-electron chi connectivity index (χ3n) is 3.60. The molecule has 0 aromatic heterocycles. The third-order valence-corrected chi connectivity index (χ3v) is 4.80. The highest BCUT2D eigenvalue weighted by molar-refractivity contribution is 7.99. The van der Waals surface area contributed by atoms with E-state index in [4.69, 9.17) is 5.73 Å². The Kier molecular flexibility index (Phi) is 4.93. The maximum absolute atomic E-state index is 6.21. The van der Waals surface area contributed by atoms with Crippen molar-refractivity contribution in [1.82, 2.24) is 0 Å². The van der Waals surface area contributed by atoms with E-state index in [0.29, 0.717) is 6.04 Å². The van der Waals surface area contributed by atoms with Crippen LogP contribution < -0.4 is 5.73 Å². The van der Waals surface area contributed by atoms with Crippen LogP contribution in [0.4, 0.5) is 0 Å². The molecule has 0 saturated heterocycles. The van der Waals surface area contributed by atoms with Crippen molar-refractivity contribution in [1.29, 1.82) is 0 Å². The van der Waals surface area contributed by atoms with Gasteiger partial charge in [-0.3, -0.25) is 0 Å². The van der Waals surface area contributed by atoms with Gasteiger partial charge in [-0.1, -0.05) is 43.4 Å². The number of hydrogen-bond donors (Lipinski definition) is 1. The maximum Gasteiger partial charge on any atom is 0.0136 e. The van der Waals surface area contributed by atoms with Crippen LogP contribution in [0.25, 0.3) is 0 Å². The van der Waals surface area contributed by atoms with Crippen LogP contribution in [0.1, 0.15) is 37.7 Å². The molecule has 17 heavy (non-hydrogen) atoms. The van der Waals surface area contributed by atoms with Crippen molar-refractivity contribution in [3.63, 3.8) is 0 Å². The Morgan fingerprint density at radius 1 is 1.24 bits per heavy atom. The first-order valence-electron chi connectivity index (χ1n) is 6.69. The van der Waals surface area contributed by atoms with Crippen molar-refractivity contribution >= 4 is 11.8 Å². The molecule has 1 fully saturated rings. The van der Waals surface area contributed by atoms with Gasteiger partial charge in [0, 0.05) is 16.7 Å². The lowest BCUT2D eigenvalue weighted by atomic mass is 10.00. The van der Waals surface area contributed by atoms with Gasteiger partial charge in [0.25, 0.3) is 0 Å². The van der Waals surface area contributed by atoms with Crippen LogP contribution >= 0.6 is 11.8 Å². The second-order valence-corrected chi connectivity index (χ2v) is 6.36. The zero-order valence-corrected chi connectivity index (χ0v) is 11.5. The van der Waals surface area contributed by atoms with E-state index < -0.39 is 0 Å². The summed E-state index contributed by atoms with van der Waals surface area (Å²) >= 11 is 1.90. The maximum atomic E-state index is 6.21. The molecule has 1 atom stereocenters. The fourth-order valence-electron chi connectivity index (χ4n) is 2.58. The minimum Gasteiger partial charge on any atom is -0.327 e. The van der Waals surface area contributed by atoms with Gasteiger partial charge >= 0.3 is 0 Å². The molecular formula is C15H23NS. The Bertz CT molecular complexity index is 327. The summed E-state index contributed by atoms with van der Waals surface area (Å²) in [5.41, 5.74) is 7.53. The van der Waals surface area contributed by atoms with Crippen LogP contribution in [-0.4, -0.2) is 11.8 Å². The van der Waals surface area contributed by atoms with Crippen molar-refractivity contribution in [3.05, 3.63) is 29.8 Å². The molecule has 94 valence electrons. The average Bonchev–Trinajstić information content (AvgIpc) is 2.81. The van der Waals surface area contributed by atoms with E-state index in [1.54, 1.807) is 0 Å². The van der Waals surface area contributed by atoms with E-state index >= 15 is 0 Å². The molecule has 0 radical (unpaired) electrons. The molecule has 1 aromatic carbocycles. The van der Waals surface area contributed by atoms with E-state index in [9.17, 15) is 0 Å². The van der Waals surface area contributed by atoms with Crippen LogP contribution in [0.5, 0.6) is 0 Å². The molecular weight excluding hydrogens is 226 g/mol. The quantitative estimate of drug-likeness (QED) is 0.798. The van der Waals surface area contributed by atoms with Crippen molar-refractivity contribution in [2.45, 2.75) is 50.0 Å². The summed E-state index contributed by atoms with van der Waals surface area (Å²) in [6.45, 7) is 2.13. The molecule has 2 rings (SSSR count). The minimum atomic E-state index is 0.365. The third kappa shape index (κ3) is 4.36. The zero-order valence-electron chi connectivity index (χ0n) is 10.7. The summed E-state index contributed by atoms with van der Waals surface area (Å²) in [6, 6.07) is 9.10. The molecule has 1 saturated carbocycles. The largest absolute Gasteiger partial charge is 0.327 e. The fraction of sp³-hybridized carbons (Fsp3) is 0.600. The van der Waals surface area contributed by atoms with Crippen LogP contribution in [0.2, 0.25) is 0 Å². The van der Waals surface area contributed by atoms with Crippen LogP contribution in [0.3, 0.4) is 0 Å². The molecule has 2 heteroatoms. The lowest BCUT2D eigenvalue weighted by Gasteiger charge is -2.15. The number of aryl methyl sites for hydroxylation is 1. The second kappa shape index (κ2) is 6.46. The lowest BCUT2D eigenvalue weighted by Crippen LogP contribution is -2.25. The van der Waals surface area contributed by atoms with E-state index in [1.165, 1.54) is 42.6 Å². The molecule has 0 amide bonds. The van der Waals surface area contributed by atoms with Gasteiger partial charge in [-0.2, -0.15) is 0 Å². The number of rotatable bonds is 5. The fourth-order valence-corrected chi connectivity index (χ4v) is 3.45. The van der Waals surface area contributed by atoms with Crippen LogP contribution in [-0.2, 0) is 0 Å². The summed E-state index contributed by atoms with van der Waals surface area (Å²) in [4.78, 5) is 1.34. The van der Waals surface area contributed by atoms with Gasteiger partial charge < -0.3 is 5.73 Å². The van der Waals surface area contributed by atoms with Gasteiger partial charge in [0.15, 0.2) is 0 Å². The predicted molar refractivity (Wildman–Crippen MR) is 76.5 cm³/mol. The number of nitrogens with two attached hydrogens (primary N) is 1. The first-order chi connectivity index (χ1) is 8.24. The highest BCUT2D eigenvalue weighted by Crippen LogP contribution is 2.29. The highest BCUT2D eigenvalue weighted by atomic mass is 32.2. The van der Waals surface area contributed by atoms with E-state index in [-0.39, 0.29) is 0 Å². The van der Waals surface area contributed by atoms with Gasteiger partial charge in [0.2, 0.25) is 0 Å². The van der Waals surface area contributed by atoms with Crippen molar-refractivity contribution in [2.75, 3.05) is 5.75 Å². The zero-order chi connectivity index (χ0) is 12.1. The smallest absolute Gasteiger partial charge is 0.0136 e. The van der Waals surface area contributed by atoms with Gasteiger partial charge in [-0.05, 0) is 31.4 Å². The topological polar surface area (TPSA) is 26.0 Å². The highest BCUT2D eigenvalue weighted by Gasteiger charge is 2.17. The second-order valence-electron chi connectivity index (χ2n) is 5.27.